The standard InChI is InChI=1S/C6H5F10NO/c1-2-18-4(9,10)3(7,8)17(5(11,12)13)6(14,15)16/h2H2,1H3. The lowest BCUT2D eigenvalue weighted by molar-refractivity contribution is -0.498. The molecular formula is C6H5F10NO. The van der Waals surface area contributed by atoms with Crippen molar-refractivity contribution in [3.05, 3.63) is 0 Å². The predicted molar refractivity (Wildman–Crippen MR) is 35.5 cm³/mol. The van der Waals surface area contributed by atoms with Crippen LogP contribution < -0.4 is 0 Å². The van der Waals surface area contributed by atoms with Gasteiger partial charge in [-0.05, 0) is 6.92 Å². The Morgan fingerprint density at radius 3 is 1.33 bits per heavy atom. The minimum atomic E-state index is -6.76. The van der Waals surface area contributed by atoms with Crippen LogP contribution in [0.5, 0.6) is 0 Å². The Labute approximate surface area is 93.1 Å². The first-order chi connectivity index (χ1) is 7.68. The fraction of sp³-hybridized carbons (Fsp3) is 1.00. The van der Waals surface area contributed by atoms with Gasteiger partial charge >= 0.3 is 24.8 Å². The minimum absolute atomic E-state index is 0.690. The van der Waals surface area contributed by atoms with Gasteiger partial charge in [0, 0.05) is 0 Å². The number of halogens is 10. The van der Waals surface area contributed by atoms with E-state index in [1.807, 2.05) is 0 Å². The van der Waals surface area contributed by atoms with E-state index in [4.69, 9.17) is 0 Å². The summed E-state index contributed by atoms with van der Waals surface area (Å²) in [6, 6.07) is -6.64. The molecule has 0 bridgehead atoms. The van der Waals surface area contributed by atoms with Crippen LogP contribution in [0.1, 0.15) is 6.92 Å². The van der Waals surface area contributed by atoms with Crippen LogP contribution in [0.2, 0.25) is 0 Å². The van der Waals surface area contributed by atoms with Crippen molar-refractivity contribution in [3.8, 4) is 0 Å². The molecule has 0 aliphatic carbocycles. The molecular weight excluding hydrogens is 292 g/mol. The lowest BCUT2D eigenvalue weighted by Crippen LogP contribution is -2.65. The van der Waals surface area contributed by atoms with Gasteiger partial charge in [0.1, 0.15) is 0 Å². The van der Waals surface area contributed by atoms with Crippen LogP contribution in [0.25, 0.3) is 0 Å². The van der Waals surface area contributed by atoms with E-state index in [1.54, 1.807) is 0 Å². The Morgan fingerprint density at radius 1 is 0.778 bits per heavy atom. The molecule has 0 aliphatic rings. The maximum atomic E-state index is 12.7. The molecule has 0 unspecified atom stereocenters. The molecule has 0 aliphatic heterocycles. The molecule has 0 saturated heterocycles. The topological polar surface area (TPSA) is 12.5 Å². The summed E-state index contributed by atoms with van der Waals surface area (Å²) in [7, 11) is 0. The van der Waals surface area contributed by atoms with Gasteiger partial charge in [0.2, 0.25) is 0 Å². The Bertz CT molecular complexity index is 267. The summed E-state index contributed by atoms with van der Waals surface area (Å²) in [5.41, 5.74) is 0. The van der Waals surface area contributed by atoms with E-state index in [2.05, 4.69) is 4.74 Å². The summed E-state index contributed by atoms with van der Waals surface area (Å²) in [5.74, 6) is 0. The quantitative estimate of drug-likeness (QED) is 0.581. The minimum Gasteiger partial charge on any atom is -0.315 e. The number of nitrogens with zero attached hydrogens (tertiary/aromatic N) is 1. The zero-order valence-electron chi connectivity index (χ0n) is 8.34. The van der Waals surface area contributed by atoms with Gasteiger partial charge < -0.3 is 4.74 Å². The van der Waals surface area contributed by atoms with Crippen molar-refractivity contribution < 1.29 is 48.6 Å². The molecule has 0 aromatic rings. The fourth-order valence-electron chi connectivity index (χ4n) is 0.860. The summed E-state index contributed by atoms with van der Waals surface area (Å²) in [6.07, 6.45) is -19.5. The maximum Gasteiger partial charge on any atom is 0.472 e. The third kappa shape index (κ3) is 3.37. The molecule has 0 radical (unpaired) electrons. The largest absolute Gasteiger partial charge is 0.472 e. The first-order valence-electron chi connectivity index (χ1n) is 4.01. The van der Waals surface area contributed by atoms with E-state index >= 15 is 0 Å². The van der Waals surface area contributed by atoms with Crippen LogP contribution in [-0.2, 0) is 4.74 Å². The molecule has 2 nitrogen and oxygen atoms in total. The van der Waals surface area contributed by atoms with E-state index in [0.717, 1.165) is 0 Å². The number of hydrogen-bond acceptors (Lipinski definition) is 2. The molecule has 0 aromatic carbocycles. The summed E-state index contributed by atoms with van der Waals surface area (Å²) >= 11 is 0. The second-order valence-corrected chi connectivity index (χ2v) is 2.76. The highest BCUT2D eigenvalue weighted by molar-refractivity contribution is 4.82. The Kier molecular flexibility index (Phi) is 4.51. The average molecular weight is 297 g/mol. The lowest BCUT2D eigenvalue weighted by atomic mass is 10.4. The molecule has 0 saturated carbocycles. The summed E-state index contributed by atoms with van der Waals surface area (Å²) < 4.78 is 124. The van der Waals surface area contributed by atoms with Crippen LogP contribution in [-0.4, -0.2) is 36.3 Å². The predicted octanol–water partition coefficient (Wildman–Crippen LogP) is 3.55. The Balaban J connectivity index is 5.63. The normalized spacial score (nSPS) is 15.3. The van der Waals surface area contributed by atoms with Crippen molar-refractivity contribution in [1.82, 2.24) is 4.90 Å². The molecule has 110 valence electrons. The smallest absolute Gasteiger partial charge is 0.315 e. The highest BCUT2D eigenvalue weighted by Crippen LogP contribution is 2.48. The van der Waals surface area contributed by atoms with Crippen LogP contribution in [0.15, 0.2) is 0 Å². The van der Waals surface area contributed by atoms with Gasteiger partial charge in [0.25, 0.3) is 0 Å². The van der Waals surface area contributed by atoms with Crippen molar-refractivity contribution in [2.75, 3.05) is 6.61 Å². The first-order valence-corrected chi connectivity index (χ1v) is 4.01. The van der Waals surface area contributed by atoms with Gasteiger partial charge in [-0.15, -0.1) is 0 Å². The van der Waals surface area contributed by atoms with Gasteiger partial charge in [-0.25, -0.2) is 0 Å². The van der Waals surface area contributed by atoms with E-state index < -0.39 is 36.3 Å². The monoisotopic (exact) mass is 297 g/mol. The molecule has 0 N–H and O–H groups in total. The summed E-state index contributed by atoms with van der Waals surface area (Å²) in [5, 5.41) is 0. The molecule has 0 amide bonds. The molecule has 0 fully saturated rings. The van der Waals surface area contributed by atoms with Gasteiger partial charge in [-0.3, -0.25) is 0 Å². The van der Waals surface area contributed by atoms with Gasteiger partial charge in [0.15, 0.2) is 0 Å². The van der Waals surface area contributed by atoms with E-state index in [-0.39, 0.29) is 0 Å². The first kappa shape index (κ1) is 17.2. The zero-order valence-corrected chi connectivity index (χ0v) is 8.34. The summed E-state index contributed by atoms with van der Waals surface area (Å²) in [4.78, 5) is -3.51. The van der Waals surface area contributed by atoms with Gasteiger partial charge in [-0.1, -0.05) is 4.90 Å². The second-order valence-electron chi connectivity index (χ2n) is 2.76. The van der Waals surface area contributed by atoms with Crippen LogP contribution in [0, 0.1) is 0 Å². The molecule has 0 spiro atoms. The third-order valence-electron chi connectivity index (χ3n) is 1.46. The van der Waals surface area contributed by atoms with Gasteiger partial charge in [-0.2, -0.15) is 43.9 Å². The van der Waals surface area contributed by atoms with E-state index in [1.165, 1.54) is 0 Å². The van der Waals surface area contributed by atoms with E-state index in [0.29, 0.717) is 6.92 Å². The molecule has 0 aromatic heterocycles. The highest BCUT2D eigenvalue weighted by Gasteiger charge is 2.75. The Morgan fingerprint density at radius 2 is 1.11 bits per heavy atom. The van der Waals surface area contributed by atoms with E-state index in [9.17, 15) is 43.9 Å². The maximum absolute atomic E-state index is 12.7. The van der Waals surface area contributed by atoms with Crippen LogP contribution in [0.3, 0.4) is 0 Å². The SMILES string of the molecule is CCOC(F)(F)C(F)(F)N(C(F)(F)F)C(F)(F)F. The average Bonchev–Trinajstić information content (AvgIpc) is 1.95. The molecule has 18 heavy (non-hydrogen) atoms. The molecule has 0 rings (SSSR count). The van der Waals surface area contributed by atoms with Gasteiger partial charge in [0.05, 0.1) is 6.61 Å². The fourth-order valence-corrected chi connectivity index (χ4v) is 0.860. The zero-order chi connectivity index (χ0) is 15.0. The number of rotatable bonds is 4. The number of ether oxygens (including phenoxy) is 1. The Hall–Kier alpha value is -0.780. The van der Waals surface area contributed by atoms with Crippen molar-refractivity contribution in [3.63, 3.8) is 0 Å². The third-order valence-corrected chi connectivity index (χ3v) is 1.46. The van der Waals surface area contributed by atoms with Crippen molar-refractivity contribution in [2.45, 2.75) is 31.7 Å². The molecule has 0 atom stereocenters. The number of hydrogen-bond donors (Lipinski definition) is 0. The molecule has 0 heterocycles. The highest BCUT2D eigenvalue weighted by atomic mass is 19.4. The van der Waals surface area contributed by atoms with Crippen molar-refractivity contribution >= 4 is 0 Å². The van der Waals surface area contributed by atoms with Crippen LogP contribution in [0.4, 0.5) is 43.9 Å². The molecule has 12 heteroatoms. The number of alkyl halides is 10. The van der Waals surface area contributed by atoms with Crippen LogP contribution >= 0.6 is 0 Å². The second kappa shape index (κ2) is 4.72. The van der Waals surface area contributed by atoms with Crippen molar-refractivity contribution in [2.24, 2.45) is 0 Å². The lowest BCUT2D eigenvalue weighted by Gasteiger charge is -2.36. The van der Waals surface area contributed by atoms with Crippen molar-refractivity contribution in [1.29, 1.82) is 0 Å². The summed E-state index contributed by atoms with van der Waals surface area (Å²) in [6.45, 7) is -0.526.